The summed E-state index contributed by atoms with van der Waals surface area (Å²) in [7, 11) is 0. The minimum atomic E-state index is -0.849. The number of anilines is 1. The first kappa shape index (κ1) is 19.6. The molecule has 0 unspecified atom stereocenters. The number of hydrogen-bond donors (Lipinski definition) is 2. The number of carboxylic acids is 1. The highest BCUT2D eigenvalue weighted by Crippen LogP contribution is 2.45. The molecule has 28 heavy (non-hydrogen) atoms. The molecule has 0 aliphatic heterocycles. The summed E-state index contributed by atoms with van der Waals surface area (Å²) in [6.07, 6.45) is 8.71. The van der Waals surface area contributed by atoms with Crippen molar-refractivity contribution in [1.82, 2.24) is 4.98 Å². The highest BCUT2D eigenvalue weighted by molar-refractivity contribution is 7.18. The van der Waals surface area contributed by atoms with Crippen LogP contribution in [0.5, 0.6) is 0 Å². The second kappa shape index (κ2) is 8.33. The summed E-state index contributed by atoms with van der Waals surface area (Å²) in [4.78, 5) is 30.7. The molecule has 0 radical (unpaired) electrons. The van der Waals surface area contributed by atoms with E-state index < -0.39 is 17.8 Å². The van der Waals surface area contributed by atoms with Crippen LogP contribution in [0.2, 0.25) is 0 Å². The van der Waals surface area contributed by atoms with Crippen molar-refractivity contribution in [3.63, 3.8) is 0 Å². The van der Waals surface area contributed by atoms with Crippen molar-refractivity contribution in [2.24, 2.45) is 11.8 Å². The van der Waals surface area contributed by atoms with Crippen LogP contribution in [0, 0.1) is 18.8 Å². The first-order valence-corrected chi connectivity index (χ1v) is 11.8. The Bertz CT molecular complexity index is 886. The Kier molecular flexibility index (Phi) is 5.83. The standard InChI is InChI=1S/C21H26N2O3S2/c1-12-11-27-19(22-12)17-15-9-3-2-4-10-16(15)28-20(17)23-18(24)13-7-5-6-8-14(13)21(25)26/h11,13-14H,2-10H2,1H3,(H,23,24)(H,25,26)/t13-,14+/m0/s1. The van der Waals surface area contributed by atoms with Crippen LogP contribution >= 0.6 is 22.7 Å². The Balaban J connectivity index is 1.67. The molecule has 2 atom stereocenters. The molecule has 7 heteroatoms. The van der Waals surface area contributed by atoms with Crippen LogP contribution < -0.4 is 5.32 Å². The number of thiazole rings is 1. The van der Waals surface area contributed by atoms with Gasteiger partial charge in [0.05, 0.1) is 11.8 Å². The molecule has 150 valence electrons. The lowest BCUT2D eigenvalue weighted by molar-refractivity contribution is -0.147. The number of fused-ring (bicyclic) bond motifs is 1. The molecule has 2 heterocycles. The van der Waals surface area contributed by atoms with Gasteiger partial charge in [0.25, 0.3) is 0 Å². The Morgan fingerprint density at radius 1 is 1.11 bits per heavy atom. The van der Waals surface area contributed by atoms with Crippen molar-refractivity contribution in [3.8, 4) is 10.6 Å². The average molecular weight is 419 g/mol. The zero-order valence-corrected chi connectivity index (χ0v) is 17.8. The van der Waals surface area contributed by atoms with Crippen LogP contribution in [0.25, 0.3) is 10.6 Å². The fourth-order valence-electron chi connectivity index (χ4n) is 4.47. The molecular weight excluding hydrogens is 392 g/mol. The zero-order chi connectivity index (χ0) is 19.7. The van der Waals surface area contributed by atoms with E-state index in [0.29, 0.717) is 12.8 Å². The van der Waals surface area contributed by atoms with Crippen LogP contribution in [0.4, 0.5) is 5.00 Å². The number of nitrogens with one attached hydrogen (secondary N) is 1. The predicted octanol–water partition coefficient (Wildman–Crippen LogP) is 5.28. The van der Waals surface area contributed by atoms with Crippen molar-refractivity contribution in [3.05, 3.63) is 21.5 Å². The topological polar surface area (TPSA) is 79.3 Å². The SMILES string of the molecule is Cc1csc(-c2c(NC(=O)[C@H]3CCCC[C@H]3C(=O)O)sc3c2CCCCC3)n1. The molecule has 2 aromatic rings. The molecule has 2 aliphatic rings. The molecule has 0 bridgehead atoms. The Hall–Kier alpha value is -1.73. The average Bonchev–Trinajstić information content (AvgIpc) is 3.16. The smallest absolute Gasteiger partial charge is 0.307 e. The summed E-state index contributed by atoms with van der Waals surface area (Å²) in [5, 5.41) is 16.5. The van der Waals surface area contributed by atoms with Gasteiger partial charge in [-0.25, -0.2) is 4.98 Å². The summed E-state index contributed by atoms with van der Waals surface area (Å²) in [5.74, 6) is -2.01. The van der Waals surface area contributed by atoms with E-state index in [-0.39, 0.29) is 5.91 Å². The molecule has 0 aromatic carbocycles. The van der Waals surface area contributed by atoms with Crippen LogP contribution in [0.1, 0.15) is 61.1 Å². The van der Waals surface area contributed by atoms with Crippen molar-refractivity contribution >= 4 is 39.6 Å². The predicted molar refractivity (Wildman–Crippen MR) is 113 cm³/mol. The summed E-state index contributed by atoms with van der Waals surface area (Å²) < 4.78 is 0. The van der Waals surface area contributed by atoms with E-state index in [1.807, 2.05) is 12.3 Å². The molecule has 2 aromatic heterocycles. The Morgan fingerprint density at radius 2 is 1.86 bits per heavy atom. The quantitative estimate of drug-likeness (QED) is 0.662. The van der Waals surface area contributed by atoms with Gasteiger partial charge in [0, 0.05) is 21.5 Å². The third-order valence-corrected chi connectivity index (χ3v) is 8.10. The van der Waals surface area contributed by atoms with Gasteiger partial charge in [0.2, 0.25) is 5.91 Å². The molecular formula is C21H26N2O3S2. The number of carboxylic acid groups (broad SMARTS) is 1. The number of hydrogen-bond acceptors (Lipinski definition) is 5. The fraction of sp³-hybridized carbons (Fsp3) is 0.571. The number of rotatable bonds is 4. The molecule has 0 spiro atoms. The minimum absolute atomic E-state index is 0.141. The monoisotopic (exact) mass is 418 g/mol. The molecule has 2 aliphatic carbocycles. The molecule has 5 nitrogen and oxygen atoms in total. The van der Waals surface area contributed by atoms with E-state index in [1.165, 1.54) is 23.3 Å². The Labute approximate surface area is 173 Å². The van der Waals surface area contributed by atoms with Crippen molar-refractivity contribution in [1.29, 1.82) is 0 Å². The Morgan fingerprint density at radius 3 is 2.57 bits per heavy atom. The lowest BCUT2D eigenvalue weighted by Crippen LogP contribution is -2.35. The number of aryl methyl sites for hydroxylation is 2. The van der Waals surface area contributed by atoms with Crippen molar-refractivity contribution in [2.45, 2.75) is 64.7 Å². The van der Waals surface area contributed by atoms with E-state index >= 15 is 0 Å². The number of carbonyl (C=O) groups is 2. The van der Waals surface area contributed by atoms with Gasteiger partial charge in [0.1, 0.15) is 10.0 Å². The minimum Gasteiger partial charge on any atom is -0.481 e. The van der Waals surface area contributed by atoms with E-state index in [9.17, 15) is 14.7 Å². The number of thiophene rings is 1. The molecule has 2 N–H and O–H groups in total. The van der Waals surface area contributed by atoms with Gasteiger partial charge in [-0.1, -0.05) is 19.3 Å². The van der Waals surface area contributed by atoms with Gasteiger partial charge in [-0.2, -0.15) is 0 Å². The molecule has 1 saturated carbocycles. The summed E-state index contributed by atoms with van der Waals surface area (Å²) in [6.45, 7) is 1.99. The maximum Gasteiger partial charge on any atom is 0.307 e. The van der Waals surface area contributed by atoms with E-state index in [0.717, 1.165) is 53.4 Å². The van der Waals surface area contributed by atoms with E-state index in [1.54, 1.807) is 22.7 Å². The molecule has 1 fully saturated rings. The maximum atomic E-state index is 13.1. The first-order valence-electron chi connectivity index (χ1n) is 10.2. The third kappa shape index (κ3) is 3.87. The van der Waals surface area contributed by atoms with Gasteiger partial charge >= 0.3 is 5.97 Å². The van der Waals surface area contributed by atoms with Crippen LogP contribution in [-0.2, 0) is 22.4 Å². The first-order chi connectivity index (χ1) is 13.5. The largest absolute Gasteiger partial charge is 0.481 e. The van der Waals surface area contributed by atoms with Gasteiger partial charge in [-0.05, 0) is 51.0 Å². The number of aromatic nitrogens is 1. The lowest BCUT2D eigenvalue weighted by atomic mass is 9.79. The van der Waals surface area contributed by atoms with Gasteiger partial charge in [-0.3, -0.25) is 9.59 Å². The van der Waals surface area contributed by atoms with Gasteiger partial charge in [-0.15, -0.1) is 22.7 Å². The highest BCUT2D eigenvalue weighted by Gasteiger charge is 2.36. The maximum absolute atomic E-state index is 13.1. The summed E-state index contributed by atoms with van der Waals surface area (Å²) in [5.41, 5.74) is 3.41. The third-order valence-electron chi connectivity index (χ3n) is 5.91. The van der Waals surface area contributed by atoms with E-state index in [4.69, 9.17) is 4.98 Å². The normalized spacial score (nSPS) is 22.3. The zero-order valence-electron chi connectivity index (χ0n) is 16.1. The van der Waals surface area contributed by atoms with Gasteiger partial charge in [0.15, 0.2) is 0 Å². The highest BCUT2D eigenvalue weighted by atomic mass is 32.1. The van der Waals surface area contributed by atoms with Crippen LogP contribution in [0.3, 0.4) is 0 Å². The lowest BCUT2D eigenvalue weighted by Gasteiger charge is -2.27. The van der Waals surface area contributed by atoms with Crippen LogP contribution in [0.15, 0.2) is 5.38 Å². The van der Waals surface area contributed by atoms with E-state index in [2.05, 4.69) is 5.32 Å². The molecule has 1 amide bonds. The number of nitrogens with zero attached hydrogens (tertiary/aromatic N) is 1. The second-order valence-corrected chi connectivity index (χ2v) is 9.85. The van der Waals surface area contributed by atoms with Crippen molar-refractivity contribution in [2.75, 3.05) is 5.32 Å². The van der Waals surface area contributed by atoms with Crippen molar-refractivity contribution < 1.29 is 14.7 Å². The second-order valence-electron chi connectivity index (χ2n) is 7.89. The van der Waals surface area contributed by atoms with Crippen LogP contribution in [-0.4, -0.2) is 22.0 Å². The molecule has 0 saturated heterocycles. The fourth-order valence-corrected chi connectivity index (χ4v) is 6.70. The number of carbonyl (C=O) groups excluding carboxylic acids is 1. The summed E-state index contributed by atoms with van der Waals surface area (Å²) >= 11 is 3.29. The number of aliphatic carboxylic acids is 1. The summed E-state index contributed by atoms with van der Waals surface area (Å²) in [6, 6.07) is 0. The molecule has 4 rings (SSSR count). The number of amides is 1. The van der Waals surface area contributed by atoms with Gasteiger partial charge < -0.3 is 10.4 Å².